The first-order valence-corrected chi connectivity index (χ1v) is 12.3. The smallest absolute Gasteiger partial charge is 0.339 e. The summed E-state index contributed by atoms with van der Waals surface area (Å²) < 4.78 is 1.77. The molecule has 0 radical (unpaired) electrons. The van der Waals surface area contributed by atoms with Crippen molar-refractivity contribution in [2.75, 3.05) is 13.1 Å². The van der Waals surface area contributed by atoms with Crippen molar-refractivity contribution in [3.63, 3.8) is 0 Å². The van der Waals surface area contributed by atoms with Crippen LogP contribution in [0.3, 0.4) is 0 Å². The Kier molecular flexibility index (Phi) is 5.98. The van der Waals surface area contributed by atoms with E-state index >= 15 is 0 Å². The summed E-state index contributed by atoms with van der Waals surface area (Å²) in [5.41, 5.74) is 5.61. The van der Waals surface area contributed by atoms with E-state index in [2.05, 4.69) is 12.0 Å². The Hall–Kier alpha value is -3.41. The molecule has 1 amide bonds. The highest BCUT2D eigenvalue weighted by molar-refractivity contribution is 5.97. The number of carbonyl (C=O) groups excluding carboxylic acids is 1. The van der Waals surface area contributed by atoms with Gasteiger partial charge in [-0.05, 0) is 79.8 Å². The number of benzene rings is 2. The van der Waals surface area contributed by atoms with Crippen molar-refractivity contribution in [2.24, 2.45) is 5.92 Å². The number of hydrogen-bond donors (Lipinski definition) is 1. The van der Waals surface area contributed by atoms with Crippen LogP contribution in [0.25, 0.3) is 16.8 Å². The normalized spacial score (nSPS) is 15.4. The summed E-state index contributed by atoms with van der Waals surface area (Å²) in [5, 5.41) is 14.0. The van der Waals surface area contributed by atoms with Crippen LogP contribution in [0.2, 0.25) is 0 Å². The predicted octanol–water partition coefficient (Wildman–Crippen LogP) is 5.69. The monoisotopic (exact) mass is 457 g/mol. The van der Waals surface area contributed by atoms with Gasteiger partial charge in [0.1, 0.15) is 5.56 Å². The Balaban J connectivity index is 1.50. The van der Waals surface area contributed by atoms with E-state index < -0.39 is 5.97 Å². The third kappa shape index (κ3) is 4.37. The second kappa shape index (κ2) is 9.09. The molecule has 1 aromatic heterocycles. The van der Waals surface area contributed by atoms with E-state index in [-0.39, 0.29) is 17.4 Å². The molecule has 34 heavy (non-hydrogen) atoms. The van der Waals surface area contributed by atoms with Crippen molar-refractivity contribution in [3.05, 3.63) is 71.0 Å². The first-order chi connectivity index (χ1) is 16.5. The molecule has 1 heterocycles. The first-order valence-electron chi connectivity index (χ1n) is 12.3. The highest BCUT2D eigenvalue weighted by Gasteiger charge is 2.33. The first kappa shape index (κ1) is 22.4. The Morgan fingerprint density at radius 3 is 2.53 bits per heavy atom. The van der Waals surface area contributed by atoms with Crippen LogP contribution < -0.4 is 0 Å². The summed E-state index contributed by atoms with van der Waals surface area (Å²) >= 11 is 0. The molecule has 2 fully saturated rings. The maximum atomic E-state index is 13.4. The van der Waals surface area contributed by atoms with Crippen LogP contribution in [0.15, 0.2) is 48.7 Å². The number of carboxylic acid groups (broad SMARTS) is 1. The lowest BCUT2D eigenvalue weighted by atomic mass is 9.95. The maximum Gasteiger partial charge on any atom is 0.339 e. The van der Waals surface area contributed by atoms with Crippen LogP contribution in [0.5, 0.6) is 0 Å². The zero-order valence-electron chi connectivity index (χ0n) is 19.8. The Labute approximate surface area is 200 Å². The van der Waals surface area contributed by atoms with Gasteiger partial charge in [0, 0.05) is 24.6 Å². The van der Waals surface area contributed by atoms with Crippen molar-refractivity contribution < 1.29 is 14.7 Å². The maximum absolute atomic E-state index is 13.4. The van der Waals surface area contributed by atoms with Gasteiger partial charge in [0.25, 0.3) is 5.91 Å². The fourth-order valence-electron chi connectivity index (χ4n) is 4.79. The summed E-state index contributed by atoms with van der Waals surface area (Å²) in [6, 6.07) is 13.9. The SMILES string of the molecule is CCCN(CC1CC1)C(=O)c1cccc(-c2cccc(-n3ncc(C(=O)O)c3C3CC3)c2)c1C. The Morgan fingerprint density at radius 1 is 1.09 bits per heavy atom. The third-order valence-corrected chi connectivity index (χ3v) is 6.92. The van der Waals surface area contributed by atoms with E-state index in [1.54, 1.807) is 4.68 Å². The minimum atomic E-state index is -0.936. The zero-order chi connectivity index (χ0) is 23.8. The van der Waals surface area contributed by atoms with Crippen LogP contribution in [-0.4, -0.2) is 44.8 Å². The number of rotatable bonds is 9. The molecule has 0 spiro atoms. The summed E-state index contributed by atoms with van der Waals surface area (Å²) in [7, 11) is 0. The van der Waals surface area contributed by atoms with Gasteiger partial charge in [-0.2, -0.15) is 5.10 Å². The number of carboxylic acids is 1. The molecule has 2 saturated carbocycles. The Morgan fingerprint density at radius 2 is 1.85 bits per heavy atom. The second-order valence-electron chi connectivity index (χ2n) is 9.66. The molecule has 176 valence electrons. The average Bonchev–Trinajstić information content (AvgIpc) is 3.77. The van der Waals surface area contributed by atoms with Gasteiger partial charge in [0.15, 0.2) is 0 Å². The molecule has 0 saturated heterocycles. The predicted molar refractivity (Wildman–Crippen MR) is 132 cm³/mol. The van der Waals surface area contributed by atoms with Gasteiger partial charge in [0.05, 0.1) is 17.6 Å². The minimum Gasteiger partial charge on any atom is -0.478 e. The van der Waals surface area contributed by atoms with Gasteiger partial charge >= 0.3 is 5.97 Å². The molecule has 6 nitrogen and oxygen atoms in total. The lowest BCUT2D eigenvalue weighted by Crippen LogP contribution is -2.34. The van der Waals surface area contributed by atoms with Gasteiger partial charge in [-0.3, -0.25) is 4.79 Å². The van der Waals surface area contributed by atoms with Crippen molar-refractivity contribution >= 4 is 11.9 Å². The number of aromatic carboxylic acids is 1. The molecule has 2 aliphatic carbocycles. The Bertz CT molecular complexity index is 1240. The van der Waals surface area contributed by atoms with E-state index in [4.69, 9.17) is 0 Å². The minimum absolute atomic E-state index is 0.110. The molecule has 6 heteroatoms. The summed E-state index contributed by atoms with van der Waals surface area (Å²) in [6.45, 7) is 5.76. The van der Waals surface area contributed by atoms with Gasteiger partial charge in [0.2, 0.25) is 0 Å². The van der Waals surface area contributed by atoms with E-state index in [0.717, 1.165) is 66.0 Å². The molecule has 2 aromatic carbocycles. The molecule has 3 aromatic rings. The number of amides is 1. The summed E-state index contributed by atoms with van der Waals surface area (Å²) in [6.07, 6.45) is 6.83. The van der Waals surface area contributed by atoms with E-state index in [9.17, 15) is 14.7 Å². The van der Waals surface area contributed by atoms with Crippen LogP contribution in [0, 0.1) is 12.8 Å². The van der Waals surface area contributed by atoms with Crippen molar-refractivity contribution in [1.82, 2.24) is 14.7 Å². The highest BCUT2D eigenvalue weighted by Crippen LogP contribution is 2.42. The zero-order valence-corrected chi connectivity index (χ0v) is 19.8. The molecule has 2 aliphatic rings. The van der Waals surface area contributed by atoms with Crippen LogP contribution >= 0.6 is 0 Å². The van der Waals surface area contributed by atoms with E-state index in [0.29, 0.717) is 5.92 Å². The highest BCUT2D eigenvalue weighted by atomic mass is 16.4. The quantitative estimate of drug-likeness (QED) is 0.448. The molecule has 0 atom stereocenters. The lowest BCUT2D eigenvalue weighted by Gasteiger charge is -2.23. The fraction of sp³-hybridized carbons (Fsp3) is 0.393. The molecular formula is C28H31N3O3. The standard InChI is InChI=1S/C28H31N3O3/c1-3-14-30(17-19-10-11-19)27(32)24-9-5-8-23(18(24)2)21-6-4-7-22(15-21)31-26(20-12-13-20)25(16-29-31)28(33)34/h4-9,15-16,19-20H,3,10-14,17H2,1-2H3,(H,33,34). The van der Waals surface area contributed by atoms with E-state index in [1.165, 1.54) is 19.0 Å². The topological polar surface area (TPSA) is 75.4 Å². The fourth-order valence-corrected chi connectivity index (χ4v) is 4.79. The molecule has 5 rings (SSSR count). The molecular weight excluding hydrogens is 426 g/mol. The number of hydrogen-bond acceptors (Lipinski definition) is 3. The average molecular weight is 458 g/mol. The van der Waals surface area contributed by atoms with Gasteiger partial charge in [-0.1, -0.05) is 31.2 Å². The van der Waals surface area contributed by atoms with Crippen LogP contribution in [0.4, 0.5) is 0 Å². The van der Waals surface area contributed by atoms with Crippen LogP contribution in [0.1, 0.15) is 76.9 Å². The lowest BCUT2D eigenvalue weighted by molar-refractivity contribution is 0.0694. The van der Waals surface area contributed by atoms with Gasteiger partial charge < -0.3 is 10.0 Å². The van der Waals surface area contributed by atoms with E-state index in [1.807, 2.05) is 54.3 Å². The van der Waals surface area contributed by atoms with Crippen molar-refractivity contribution in [3.8, 4) is 16.8 Å². The third-order valence-electron chi connectivity index (χ3n) is 6.92. The largest absolute Gasteiger partial charge is 0.478 e. The summed E-state index contributed by atoms with van der Waals surface area (Å²) in [4.78, 5) is 27.2. The number of carbonyl (C=O) groups is 2. The molecule has 0 aliphatic heterocycles. The number of aromatic nitrogens is 2. The van der Waals surface area contributed by atoms with Gasteiger partial charge in [-0.25, -0.2) is 9.48 Å². The molecule has 1 N–H and O–H groups in total. The second-order valence-corrected chi connectivity index (χ2v) is 9.66. The van der Waals surface area contributed by atoms with Crippen molar-refractivity contribution in [2.45, 2.75) is 51.9 Å². The van der Waals surface area contributed by atoms with Crippen LogP contribution in [-0.2, 0) is 0 Å². The summed E-state index contributed by atoms with van der Waals surface area (Å²) in [5.74, 6) is 0.0738. The van der Waals surface area contributed by atoms with Gasteiger partial charge in [-0.15, -0.1) is 0 Å². The number of nitrogens with zero attached hydrogens (tertiary/aromatic N) is 3. The molecule has 0 bridgehead atoms. The van der Waals surface area contributed by atoms with Crippen molar-refractivity contribution in [1.29, 1.82) is 0 Å². The molecule has 0 unspecified atom stereocenters.